The second kappa shape index (κ2) is 7.39. The summed E-state index contributed by atoms with van der Waals surface area (Å²) in [6, 6.07) is 6.63. The van der Waals surface area contributed by atoms with Crippen LogP contribution in [0.5, 0.6) is 0 Å². The van der Waals surface area contributed by atoms with Crippen molar-refractivity contribution in [3.63, 3.8) is 0 Å². The van der Waals surface area contributed by atoms with Gasteiger partial charge in [-0.3, -0.25) is 4.79 Å². The van der Waals surface area contributed by atoms with Crippen LogP contribution in [0.15, 0.2) is 47.1 Å². The Morgan fingerprint density at radius 1 is 1.41 bits per heavy atom. The van der Waals surface area contributed by atoms with Gasteiger partial charge in [-0.1, -0.05) is 24.6 Å². The lowest BCUT2D eigenvalue weighted by Crippen LogP contribution is -2.22. The van der Waals surface area contributed by atoms with Gasteiger partial charge in [-0.25, -0.2) is 4.39 Å². The van der Waals surface area contributed by atoms with Crippen LogP contribution in [-0.2, 0) is 11.2 Å². The van der Waals surface area contributed by atoms with Gasteiger partial charge in [0.1, 0.15) is 5.82 Å². The summed E-state index contributed by atoms with van der Waals surface area (Å²) in [5, 5.41) is 0. The number of halogens is 1. The van der Waals surface area contributed by atoms with E-state index in [1.807, 2.05) is 12.1 Å². The molecule has 3 heteroatoms. The largest absolute Gasteiger partial charge is 0.366 e. The van der Waals surface area contributed by atoms with Crippen LogP contribution in [0.3, 0.4) is 0 Å². The molecule has 1 atom stereocenters. The average molecular weight is 301 g/mol. The second-order valence-electron chi connectivity index (χ2n) is 6.07. The van der Waals surface area contributed by atoms with E-state index in [1.54, 1.807) is 12.1 Å². The van der Waals surface area contributed by atoms with Gasteiger partial charge in [0.05, 0.1) is 0 Å². The zero-order chi connectivity index (χ0) is 16.1. The predicted octanol–water partition coefficient (Wildman–Crippen LogP) is 4.31. The first-order valence-corrected chi connectivity index (χ1v) is 7.95. The third-order valence-corrected chi connectivity index (χ3v) is 4.48. The molecule has 0 spiro atoms. The Kier molecular flexibility index (Phi) is 5.53. The normalized spacial score (nSPS) is 19.4. The SMILES string of the molecule is CCC1CCCC(C)=C(Cc2cccc(F)c2)C=C1C(N)=O. The minimum absolute atomic E-state index is 0.230. The number of carbonyl (C=O) groups is 1. The number of carbonyl (C=O) groups excluding carboxylic acids is 1. The third-order valence-electron chi connectivity index (χ3n) is 4.48. The van der Waals surface area contributed by atoms with E-state index in [9.17, 15) is 9.18 Å². The number of benzene rings is 1. The lowest BCUT2D eigenvalue weighted by atomic mass is 9.84. The average Bonchev–Trinajstić information content (AvgIpc) is 2.46. The van der Waals surface area contributed by atoms with Crippen LogP contribution in [0.4, 0.5) is 4.39 Å². The van der Waals surface area contributed by atoms with Crippen molar-refractivity contribution < 1.29 is 9.18 Å². The summed E-state index contributed by atoms with van der Waals surface area (Å²) in [4.78, 5) is 11.8. The Hall–Kier alpha value is -1.90. The highest BCUT2D eigenvalue weighted by Gasteiger charge is 2.20. The van der Waals surface area contributed by atoms with Gasteiger partial charge in [-0.2, -0.15) is 0 Å². The van der Waals surface area contributed by atoms with Crippen molar-refractivity contribution in [3.8, 4) is 0 Å². The standard InChI is InChI=1S/C19H24FNO/c1-3-15-8-4-6-13(2)16(12-18(15)19(21)22)10-14-7-5-9-17(20)11-14/h5,7,9,11-12,15H,3-4,6,8,10H2,1-2H3,(H2,21,22). The quantitative estimate of drug-likeness (QED) is 0.885. The van der Waals surface area contributed by atoms with Crippen molar-refractivity contribution in [2.24, 2.45) is 11.7 Å². The van der Waals surface area contributed by atoms with Crippen LogP contribution in [0.25, 0.3) is 0 Å². The van der Waals surface area contributed by atoms with Gasteiger partial charge >= 0.3 is 0 Å². The molecule has 0 bridgehead atoms. The molecule has 118 valence electrons. The summed E-state index contributed by atoms with van der Waals surface area (Å²) < 4.78 is 13.4. The highest BCUT2D eigenvalue weighted by atomic mass is 19.1. The maximum Gasteiger partial charge on any atom is 0.244 e. The Morgan fingerprint density at radius 2 is 2.18 bits per heavy atom. The number of allylic oxidation sites excluding steroid dienone is 3. The number of hydrogen-bond acceptors (Lipinski definition) is 1. The van der Waals surface area contributed by atoms with Crippen molar-refractivity contribution in [1.29, 1.82) is 0 Å². The number of amides is 1. The van der Waals surface area contributed by atoms with E-state index < -0.39 is 0 Å². The van der Waals surface area contributed by atoms with Crippen molar-refractivity contribution in [2.45, 2.75) is 46.0 Å². The molecule has 2 N–H and O–H groups in total. The zero-order valence-corrected chi connectivity index (χ0v) is 13.4. The van der Waals surface area contributed by atoms with E-state index in [4.69, 9.17) is 5.73 Å². The summed E-state index contributed by atoms with van der Waals surface area (Å²) in [5.74, 6) is -0.335. The maximum absolute atomic E-state index is 13.4. The number of nitrogens with two attached hydrogens (primary N) is 1. The van der Waals surface area contributed by atoms with E-state index in [0.29, 0.717) is 12.0 Å². The van der Waals surface area contributed by atoms with Crippen LogP contribution < -0.4 is 5.73 Å². The van der Waals surface area contributed by atoms with Crippen LogP contribution in [0.1, 0.15) is 45.1 Å². The fourth-order valence-electron chi connectivity index (χ4n) is 3.12. The summed E-state index contributed by atoms with van der Waals surface area (Å²) in [6.45, 7) is 4.18. The monoisotopic (exact) mass is 301 g/mol. The molecule has 0 saturated carbocycles. The van der Waals surface area contributed by atoms with E-state index >= 15 is 0 Å². The molecule has 0 aromatic heterocycles. The molecule has 1 aromatic carbocycles. The van der Waals surface area contributed by atoms with Crippen LogP contribution in [0, 0.1) is 11.7 Å². The number of rotatable bonds is 4. The van der Waals surface area contributed by atoms with E-state index in [1.165, 1.54) is 11.6 Å². The van der Waals surface area contributed by atoms with E-state index in [2.05, 4.69) is 13.8 Å². The van der Waals surface area contributed by atoms with Crippen molar-refractivity contribution in [1.82, 2.24) is 0 Å². The predicted molar refractivity (Wildman–Crippen MR) is 87.7 cm³/mol. The molecule has 1 aliphatic rings. The van der Waals surface area contributed by atoms with Gasteiger partial charge in [-0.05, 0) is 74.3 Å². The van der Waals surface area contributed by atoms with E-state index in [0.717, 1.165) is 36.8 Å². The Morgan fingerprint density at radius 3 is 2.82 bits per heavy atom. The molecule has 22 heavy (non-hydrogen) atoms. The van der Waals surface area contributed by atoms with E-state index in [-0.39, 0.29) is 17.6 Å². The maximum atomic E-state index is 13.4. The van der Waals surface area contributed by atoms with Gasteiger partial charge < -0.3 is 5.73 Å². The van der Waals surface area contributed by atoms with Crippen molar-refractivity contribution in [2.75, 3.05) is 0 Å². The molecule has 0 fully saturated rings. The highest BCUT2D eigenvalue weighted by molar-refractivity contribution is 5.93. The number of hydrogen-bond donors (Lipinski definition) is 1. The smallest absolute Gasteiger partial charge is 0.244 e. The summed E-state index contributed by atoms with van der Waals surface area (Å²) in [7, 11) is 0. The van der Waals surface area contributed by atoms with Crippen LogP contribution >= 0.6 is 0 Å². The first-order valence-electron chi connectivity index (χ1n) is 7.95. The van der Waals surface area contributed by atoms with Crippen molar-refractivity contribution in [3.05, 3.63) is 58.4 Å². The molecule has 0 aliphatic heterocycles. The molecule has 1 amide bonds. The second-order valence-corrected chi connectivity index (χ2v) is 6.07. The molecule has 1 aliphatic carbocycles. The zero-order valence-electron chi connectivity index (χ0n) is 13.4. The fourth-order valence-corrected chi connectivity index (χ4v) is 3.12. The van der Waals surface area contributed by atoms with Gasteiger partial charge in [-0.15, -0.1) is 0 Å². The lowest BCUT2D eigenvalue weighted by Gasteiger charge is -2.21. The molecular weight excluding hydrogens is 277 g/mol. The first-order chi connectivity index (χ1) is 10.5. The topological polar surface area (TPSA) is 43.1 Å². The molecule has 1 unspecified atom stereocenters. The van der Waals surface area contributed by atoms with Gasteiger partial charge in [0.25, 0.3) is 0 Å². The molecular formula is C19H24FNO. The first kappa shape index (κ1) is 16.5. The molecule has 2 rings (SSSR count). The Balaban J connectivity index is 2.38. The van der Waals surface area contributed by atoms with Gasteiger partial charge in [0.2, 0.25) is 5.91 Å². The lowest BCUT2D eigenvalue weighted by molar-refractivity contribution is -0.115. The van der Waals surface area contributed by atoms with Gasteiger partial charge in [0.15, 0.2) is 0 Å². The van der Waals surface area contributed by atoms with Crippen LogP contribution in [-0.4, -0.2) is 5.91 Å². The molecule has 1 aromatic rings. The summed E-state index contributed by atoms with van der Waals surface area (Å²) >= 11 is 0. The fraction of sp³-hybridized carbons (Fsp3) is 0.421. The van der Waals surface area contributed by atoms with Crippen molar-refractivity contribution >= 4 is 5.91 Å². The van der Waals surface area contributed by atoms with Crippen LogP contribution in [0.2, 0.25) is 0 Å². The Labute approximate surface area is 131 Å². The molecule has 0 radical (unpaired) electrons. The van der Waals surface area contributed by atoms with Gasteiger partial charge in [0, 0.05) is 5.57 Å². The molecule has 2 nitrogen and oxygen atoms in total. The summed E-state index contributed by atoms with van der Waals surface area (Å²) in [5.41, 5.74) is 9.58. The highest BCUT2D eigenvalue weighted by Crippen LogP contribution is 2.30. The third kappa shape index (κ3) is 4.06. The molecule has 0 heterocycles. The molecule has 0 saturated heterocycles. The number of primary amides is 1. The minimum Gasteiger partial charge on any atom is -0.366 e. The summed E-state index contributed by atoms with van der Waals surface area (Å²) in [6.07, 6.45) is 6.58. The minimum atomic E-state index is -0.335. The Bertz CT molecular complexity index is 616.